The molecule has 0 aliphatic rings. The fourth-order valence-corrected chi connectivity index (χ4v) is 0.297. The quantitative estimate of drug-likeness (QED) is 0.278. The van der Waals surface area contributed by atoms with Crippen LogP contribution < -0.4 is 0 Å². The molecule has 0 amide bonds. The van der Waals surface area contributed by atoms with E-state index in [2.05, 4.69) is 15.0 Å². The van der Waals surface area contributed by atoms with Crippen LogP contribution in [-0.2, 0) is 4.84 Å². The Morgan fingerprint density at radius 2 is 2.10 bits per heavy atom. The molecule has 0 aliphatic heterocycles. The highest BCUT2D eigenvalue weighted by Crippen LogP contribution is 2.08. The first-order valence-electron chi connectivity index (χ1n) is 2.69. The molecule has 1 N–H and O–H groups in total. The Bertz CT molecular complexity index is 146. The van der Waals surface area contributed by atoms with Gasteiger partial charge in [0, 0.05) is 5.22 Å². The smallest absolute Gasteiger partial charge is 0.113 e. The summed E-state index contributed by atoms with van der Waals surface area (Å²) in [6.45, 7) is 5.13. The van der Waals surface area contributed by atoms with Gasteiger partial charge in [-0.05, 0) is 20.8 Å². The van der Waals surface area contributed by atoms with Gasteiger partial charge in [0.2, 0.25) is 0 Å². The van der Waals surface area contributed by atoms with Crippen molar-refractivity contribution in [3.63, 3.8) is 0 Å². The maximum atomic E-state index is 8.58. The van der Waals surface area contributed by atoms with E-state index in [1.165, 1.54) is 0 Å². The van der Waals surface area contributed by atoms with Gasteiger partial charge in [0.1, 0.15) is 5.60 Å². The van der Waals surface area contributed by atoms with E-state index in [4.69, 9.17) is 10.7 Å². The third kappa shape index (κ3) is 5.17. The van der Waals surface area contributed by atoms with Crippen molar-refractivity contribution in [3.05, 3.63) is 10.4 Å². The summed E-state index contributed by atoms with van der Waals surface area (Å²) in [5, 5.41) is 11.4. The number of hydrogen-bond acceptors (Lipinski definition) is 3. The lowest BCUT2D eigenvalue weighted by Crippen LogP contribution is -2.27. The molecule has 0 atom stereocenters. The standard InChI is InChI=1S/C4H10N4O2/c1-4(2,3)10-8(9)7-6-5/h9H,1-3H3. The summed E-state index contributed by atoms with van der Waals surface area (Å²) in [4.78, 5) is 6.94. The van der Waals surface area contributed by atoms with E-state index in [9.17, 15) is 0 Å². The van der Waals surface area contributed by atoms with Crippen molar-refractivity contribution in [3.8, 4) is 0 Å². The molecule has 0 saturated heterocycles. The van der Waals surface area contributed by atoms with Crippen LogP contribution in [0.5, 0.6) is 0 Å². The van der Waals surface area contributed by atoms with E-state index in [1.807, 2.05) is 0 Å². The van der Waals surface area contributed by atoms with Crippen LogP contribution in [0.3, 0.4) is 0 Å². The molecule has 0 spiro atoms. The first kappa shape index (κ1) is 9.03. The van der Waals surface area contributed by atoms with Crippen LogP contribution in [0.15, 0.2) is 5.22 Å². The molecule has 0 heterocycles. The first-order chi connectivity index (χ1) is 4.45. The third-order valence-corrected chi connectivity index (χ3v) is 0.472. The number of rotatable bonds is 2. The van der Waals surface area contributed by atoms with Crippen LogP contribution in [-0.4, -0.2) is 16.1 Å². The van der Waals surface area contributed by atoms with Gasteiger partial charge in [-0.1, -0.05) is 0 Å². The molecule has 0 rings (SSSR count). The monoisotopic (exact) mass is 146 g/mol. The molecule has 0 aliphatic carbocycles. The molecule has 0 aromatic carbocycles. The second kappa shape index (κ2) is 3.26. The summed E-state index contributed by atoms with van der Waals surface area (Å²) in [6.07, 6.45) is 0. The van der Waals surface area contributed by atoms with Crippen LogP contribution >= 0.6 is 0 Å². The van der Waals surface area contributed by atoms with Crippen molar-refractivity contribution >= 4 is 0 Å². The lowest BCUT2D eigenvalue weighted by molar-refractivity contribution is -0.380. The summed E-state index contributed by atoms with van der Waals surface area (Å²) < 4.78 is 0. The largest absolute Gasteiger partial charge is 0.175 e. The number of hydrogen-bond donors (Lipinski definition) is 1. The van der Waals surface area contributed by atoms with E-state index in [0.29, 0.717) is 0 Å². The highest BCUT2D eigenvalue weighted by atomic mass is 16.9. The third-order valence-electron chi connectivity index (χ3n) is 0.472. The topological polar surface area (TPSA) is 81.5 Å². The van der Waals surface area contributed by atoms with Crippen molar-refractivity contribution in [2.75, 3.05) is 0 Å². The molecule has 58 valence electrons. The second-order valence-electron chi connectivity index (χ2n) is 2.64. The number of nitrogens with zero attached hydrogens (tertiary/aromatic N) is 4. The molecule has 0 bridgehead atoms. The van der Waals surface area contributed by atoms with Gasteiger partial charge >= 0.3 is 0 Å². The Morgan fingerprint density at radius 1 is 1.60 bits per heavy atom. The van der Waals surface area contributed by atoms with Crippen molar-refractivity contribution in [1.29, 1.82) is 0 Å². The summed E-state index contributed by atoms with van der Waals surface area (Å²) in [6, 6.07) is 0. The van der Waals surface area contributed by atoms with Crippen molar-refractivity contribution in [1.82, 2.24) is 5.34 Å². The first-order valence-corrected chi connectivity index (χ1v) is 2.69. The van der Waals surface area contributed by atoms with Crippen LogP contribution in [0.4, 0.5) is 0 Å². The van der Waals surface area contributed by atoms with Gasteiger partial charge in [0.25, 0.3) is 0 Å². The molecule has 0 aromatic rings. The Hall–Kier alpha value is -0.970. The molecule has 10 heavy (non-hydrogen) atoms. The molecule has 0 aromatic heterocycles. The van der Waals surface area contributed by atoms with Crippen molar-refractivity contribution < 1.29 is 10.0 Å². The van der Waals surface area contributed by atoms with E-state index < -0.39 is 5.60 Å². The van der Waals surface area contributed by atoms with E-state index in [0.717, 1.165) is 0 Å². The summed E-state index contributed by atoms with van der Waals surface area (Å²) in [7, 11) is 0. The lowest BCUT2D eigenvalue weighted by Gasteiger charge is -2.16. The van der Waals surface area contributed by atoms with E-state index >= 15 is 0 Å². The average Bonchev–Trinajstić information content (AvgIpc) is 1.59. The lowest BCUT2D eigenvalue weighted by atomic mass is 10.2. The summed E-state index contributed by atoms with van der Waals surface area (Å²) >= 11 is 0. The van der Waals surface area contributed by atoms with Crippen LogP contribution in [0, 0.1) is 0 Å². The van der Waals surface area contributed by atoms with Gasteiger partial charge in [-0.15, -0.1) is 5.53 Å². The fourth-order valence-electron chi connectivity index (χ4n) is 0.297. The molecule has 6 nitrogen and oxygen atoms in total. The minimum Gasteiger partial charge on any atom is -0.175 e. The summed E-state index contributed by atoms with van der Waals surface area (Å²) in [5.74, 6) is 0. The van der Waals surface area contributed by atoms with Crippen molar-refractivity contribution in [2.24, 2.45) is 5.22 Å². The predicted molar refractivity (Wildman–Crippen MR) is 33.6 cm³/mol. The highest BCUT2D eigenvalue weighted by Gasteiger charge is 2.17. The average molecular weight is 146 g/mol. The van der Waals surface area contributed by atoms with E-state index in [-0.39, 0.29) is 5.34 Å². The summed E-state index contributed by atoms with van der Waals surface area (Å²) in [5.41, 5.74) is 7.24. The highest BCUT2D eigenvalue weighted by molar-refractivity contribution is 4.55. The maximum absolute atomic E-state index is 8.58. The predicted octanol–water partition coefficient (Wildman–Crippen LogP) is 1.63. The van der Waals surface area contributed by atoms with Crippen molar-refractivity contribution in [2.45, 2.75) is 26.4 Å². The van der Waals surface area contributed by atoms with Gasteiger partial charge in [-0.25, -0.2) is 0 Å². The van der Waals surface area contributed by atoms with Gasteiger partial charge in [-0.2, -0.15) is 15.0 Å². The zero-order valence-electron chi connectivity index (χ0n) is 6.14. The Morgan fingerprint density at radius 3 is 2.40 bits per heavy atom. The second-order valence-corrected chi connectivity index (χ2v) is 2.64. The molecular weight excluding hydrogens is 136 g/mol. The Labute approximate surface area is 58.5 Å². The van der Waals surface area contributed by atoms with Crippen LogP contribution in [0.25, 0.3) is 10.4 Å². The SMILES string of the molecule is CC(C)(C)ON(O)N=[N+]=[N-]. The molecular formula is C4H10N4O2. The Balaban J connectivity index is 3.79. The fraction of sp³-hybridized carbons (Fsp3) is 1.00. The molecule has 6 heteroatoms. The molecule has 0 unspecified atom stereocenters. The minimum atomic E-state index is -0.567. The maximum Gasteiger partial charge on any atom is 0.113 e. The molecule has 0 radical (unpaired) electrons. The van der Waals surface area contributed by atoms with E-state index in [1.54, 1.807) is 20.8 Å². The van der Waals surface area contributed by atoms with Gasteiger partial charge in [0.05, 0.1) is 5.34 Å². The zero-order chi connectivity index (χ0) is 8.20. The van der Waals surface area contributed by atoms with Gasteiger partial charge < -0.3 is 0 Å². The minimum absolute atomic E-state index is 0.0972. The number of azide groups is 1. The van der Waals surface area contributed by atoms with Crippen LogP contribution in [0.2, 0.25) is 0 Å². The van der Waals surface area contributed by atoms with Gasteiger partial charge in [-0.3, -0.25) is 0 Å². The molecule has 0 saturated carbocycles. The zero-order valence-corrected chi connectivity index (χ0v) is 6.14. The van der Waals surface area contributed by atoms with Gasteiger partial charge in [0.15, 0.2) is 0 Å². The Kier molecular flexibility index (Phi) is 2.95. The van der Waals surface area contributed by atoms with Crippen LogP contribution in [0.1, 0.15) is 20.8 Å². The molecule has 0 fully saturated rings. The normalized spacial score (nSPS) is 10.4.